The molecular weight excluding hydrogens is 731 g/mol. The fourth-order valence-corrected chi connectivity index (χ4v) is 9.62. The first-order valence-electron chi connectivity index (χ1n) is 20.7. The first-order chi connectivity index (χ1) is 29.5. The fraction of sp³-hybridized carbons (Fsp3) is 0.0526. The average molecular weight is 770 g/mol. The maximum Gasteiger partial charge on any atom is 0.143 e. The lowest BCUT2D eigenvalue weighted by Gasteiger charge is -2.28. The van der Waals surface area contributed by atoms with Gasteiger partial charge in [0.1, 0.15) is 22.3 Å². The van der Waals surface area contributed by atoms with Crippen LogP contribution < -0.4 is 4.90 Å². The largest absolute Gasteiger partial charge is 0.456 e. The molecule has 2 heterocycles. The van der Waals surface area contributed by atoms with Crippen LogP contribution in [0, 0.1) is 0 Å². The summed E-state index contributed by atoms with van der Waals surface area (Å²) in [6, 6.07) is 71.9. The molecule has 0 saturated carbocycles. The summed E-state index contributed by atoms with van der Waals surface area (Å²) < 4.78 is 13.0. The third-order valence-electron chi connectivity index (χ3n) is 12.7. The molecule has 11 aromatic rings. The Bertz CT molecular complexity index is 3440. The third kappa shape index (κ3) is 5.36. The Balaban J connectivity index is 0.994. The van der Waals surface area contributed by atoms with E-state index in [2.05, 4.69) is 201 Å². The van der Waals surface area contributed by atoms with Gasteiger partial charge in [-0.05, 0) is 123 Å². The Hall–Kier alpha value is -7.62. The van der Waals surface area contributed by atoms with Crippen molar-refractivity contribution in [1.82, 2.24) is 0 Å². The zero-order chi connectivity index (χ0) is 40.0. The van der Waals surface area contributed by atoms with E-state index in [4.69, 9.17) is 8.83 Å². The molecule has 60 heavy (non-hydrogen) atoms. The predicted molar refractivity (Wildman–Crippen MR) is 250 cm³/mol. The smallest absolute Gasteiger partial charge is 0.143 e. The van der Waals surface area contributed by atoms with Crippen molar-refractivity contribution in [3.8, 4) is 44.5 Å². The molecule has 0 fully saturated rings. The van der Waals surface area contributed by atoms with Gasteiger partial charge in [0.15, 0.2) is 0 Å². The van der Waals surface area contributed by atoms with Crippen molar-refractivity contribution in [1.29, 1.82) is 0 Å². The summed E-state index contributed by atoms with van der Waals surface area (Å²) >= 11 is 0. The van der Waals surface area contributed by atoms with Crippen LogP contribution in [0.25, 0.3) is 88.4 Å². The second-order valence-corrected chi connectivity index (χ2v) is 16.5. The van der Waals surface area contributed by atoms with Gasteiger partial charge in [-0.3, -0.25) is 0 Å². The summed E-state index contributed by atoms with van der Waals surface area (Å²) in [5.74, 6) is 0. The standard InChI is InChI=1S/C57H39NO2/c1-57(2)51-17-9-6-14-44(51)45-31-29-43(35-52(45)57)58(41-25-20-37(21-26-41)36-12-4-3-5-13-36)42-27-22-38(23-28-42)49-32-40(33-50-47-16-8-11-19-54(47)60-56(49)50)39-24-30-48-46-15-7-10-18-53(46)59-55(48)34-39/h3-35H,1-2H3. The minimum atomic E-state index is -0.119. The number of anilines is 3. The van der Waals surface area contributed by atoms with Crippen LogP contribution in [-0.2, 0) is 5.41 Å². The number of benzene rings is 9. The van der Waals surface area contributed by atoms with E-state index in [1.165, 1.54) is 33.4 Å². The normalized spacial score (nSPS) is 13.0. The Morgan fingerprint density at radius 1 is 0.333 bits per heavy atom. The maximum absolute atomic E-state index is 6.66. The first kappa shape index (κ1) is 34.4. The Morgan fingerprint density at radius 3 is 1.67 bits per heavy atom. The van der Waals surface area contributed by atoms with Crippen molar-refractivity contribution >= 4 is 60.9 Å². The molecule has 0 radical (unpaired) electrons. The molecule has 12 rings (SSSR count). The third-order valence-corrected chi connectivity index (χ3v) is 12.7. The Labute approximate surface area is 348 Å². The highest BCUT2D eigenvalue weighted by Crippen LogP contribution is 2.51. The quantitative estimate of drug-likeness (QED) is 0.169. The van der Waals surface area contributed by atoms with Gasteiger partial charge in [-0.2, -0.15) is 0 Å². The minimum absolute atomic E-state index is 0.119. The SMILES string of the molecule is CC1(C)c2ccccc2-c2ccc(N(c3ccc(-c4ccccc4)cc3)c3ccc(-c4cc(-c5ccc6c(c5)oc5ccccc56)cc5c4oc4ccccc45)cc3)cc21. The molecule has 0 spiro atoms. The van der Waals surface area contributed by atoms with Crippen molar-refractivity contribution in [2.24, 2.45) is 0 Å². The molecule has 1 aliphatic carbocycles. The molecule has 0 bridgehead atoms. The van der Waals surface area contributed by atoms with Gasteiger partial charge in [0.25, 0.3) is 0 Å². The lowest BCUT2D eigenvalue weighted by Crippen LogP contribution is -2.16. The topological polar surface area (TPSA) is 29.5 Å². The van der Waals surface area contributed by atoms with Gasteiger partial charge < -0.3 is 13.7 Å². The summed E-state index contributed by atoms with van der Waals surface area (Å²) in [5, 5.41) is 4.44. The van der Waals surface area contributed by atoms with Gasteiger partial charge in [0.2, 0.25) is 0 Å². The summed E-state index contributed by atoms with van der Waals surface area (Å²) in [7, 11) is 0. The van der Waals surface area contributed by atoms with Gasteiger partial charge in [-0.15, -0.1) is 0 Å². The molecular formula is C57H39NO2. The molecule has 1 aliphatic rings. The van der Waals surface area contributed by atoms with Crippen molar-refractivity contribution in [3.05, 3.63) is 211 Å². The van der Waals surface area contributed by atoms with E-state index in [-0.39, 0.29) is 5.41 Å². The van der Waals surface area contributed by atoms with Crippen molar-refractivity contribution in [2.45, 2.75) is 19.3 Å². The van der Waals surface area contributed by atoms with Crippen molar-refractivity contribution in [2.75, 3.05) is 4.90 Å². The van der Waals surface area contributed by atoms with Crippen molar-refractivity contribution in [3.63, 3.8) is 0 Å². The molecule has 0 unspecified atom stereocenters. The van der Waals surface area contributed by atoms with E-state index in [0.717, 1.165) is 83.2 Å². The highest BCUT2D eigenvalue weighted by atomic mass is 16.3. The fourth-order valence-electron chi connectivity index (χ4n) is 9.62. The molecule has 3 heteroatoms. The van der Waals surface area contributed by atoms with Crippen LogP contribution in [0.5, 0.6) is 0 Å². The van der Waals surface area contributed by atoms with Gasteiger partial charge in [-0.1, -0.05) is 141 Å². The Morgan fingerprint density at radius 2 is 0.900 bits per heavy atom. The van der Waals surface area contributed by atoms with Gasteiger partial charge in [0.05, 0.1) is 0 Å². The second-order valence-electron chi connectivity index (χ2n) is 16.5. The zero-order valence-corrected chi connectivity index (χ0v) is 33.3. The minimum Gasteiger partial charge on any atom is -0.456 e. The van der Waals surface area contributed by atoms with Crippen LogP contribution in [0.3, 0.4) is 0 Å². The van der Waals surface area contributed by atoms with Gasteiger partial charge in [0, 0.05) is 49.6 Å². The number of nitrogens with zero attached hydrogens (tertiary/aromatic N) is 1. The van der Waals surface area contributed by atoms with Crippen molar-refractivity contribution < 1.29 is 8.83 Å². The van der Waals surface area contributed by atoms with E-state index in [0.29, 0.717) is 0 Å². The van der Waals surface area contributed by atoms with E-state index in [1.807, 2.05) is 18.2 Å². The van der Waals surface area contributed by atoms with Crippen LogP contribution in [0.4, 0.5) is 17.1 Å². The maximum atomic E-state index is 6.66. The lowest BCUT2D eigenvalue weighted by molar-refractivity contribution is 0.660. The van der Waals surface area contributed by atoms with Crippen LogP contribution >= 0.6 is 0 Å². The first-order valence-corrected chi connectivity index (χ1v) is 20.7. The van der Waals surface area contributed by atoms with Crippen LogP contribution in [0.1, 0.15) is 25.0 Å². The molecule has 284 valence electrons. The number of fused-ring (bicyclic) bond motifs is 9. The zero-order valence-electron chi connectivity index (χ0n) is 33.3. The highest BCUT2D eigenvalue weighted by molar-refractivity contribution is 6.12. The molecule has 3 nitrogen and oxygen atoms in total. The van der Waals surface area contributed by atoms with E-state index in [9.17, 15) is 0 Å². The molecule has 0 atom stereocenters. The van der Waals surface area contributed by atoms with Crippen LogP contribution in [0.2, 0.25) is 0 Å². The summed E-state index contributed by atoms with van der Waals surface area (Å²) in [4.78, 5) is 2.38. The molecule has 0 aliphatic heterocycles. The molecule has 0 saturated heterocycles. The molecule has 2 aromatic heterocycles. The van der Waals surface area contributed by atoms with Crippen LogP contribution in [0.15, 0.2) is 209 Å². The number of furan rings is 2. The predicted octanol–water partition coefficient (Wildman–Crippen LogP) is 16.3. The van der Waals surface area contributed by atoms with E-state index in [1.54, 1.807) is 0 Å². The van der Waals surface area contributed by atoms with Gasteiger partial charge in [-0.25, -0.2) is 0 Å². The highest BCUT2D eigenvalue weighted by Gasteiger charge is 2.35. The summed E-state index contributed by atoms with van der Waals surface area (Å²) in [5.41, 5.74) is 18.8. The number of para-hydroxylation sites is 2. The number of rotatable bonds is 6. The second kappa shape index (κ2) is 13.2. The van der Waals surface area contributed by atoms with Crippen LogP contribution in [-0.4, -0.2) is 0 Å². The molecule has 9 aromatic carbocycles. The molecule has 0 N–H and O–H groups in total. The summed E-state index contributed by atoms with van der Waals surface area (Å²) in [6.07, 6.45) is 0. The van der Waals surface area contributed by atoms with Gasteiger partial charge >= 0.3 is 0 Å². The summed E-state index contributed by atoms with van der Waals surface area (Å²) in [6.45, 7) is 4.69. The number of hydrogen-bond donors (Lipinski definition) is 0. The monoisotopic (exact) mass is 769 g/mol. The van der Waals surface area contributed by atoms with E-state index >= 15 is 0 Å². The number of hydrogen-bond acceptors (Lipinski definition) is 3. The van der Waals surface area contributed by atoms with E-state index < -0.39 is 0 Å². The average Bonchev–Trinajstić information content (AvgIpc) is 3.94. The lowest BCUT2D eigenvalue weighted by atomic mass is 9.82. The Kier molecular flexibility index (Phi) is 7.58. The molecule has 0 amide bonds.